The Bertz CT molecular complexity index is 677. The van der Waals surface area contributed by atoms with Gasteiger partial charge in [0.1, 0.15) is 7.85 Å². The third-order valence-corrected chi connectivity index (χ3v) is 4.78. The maximum absolute atomic E-state index is 11.3. The molecule has 1 fully saturated rings. The number of anilines is 1. The van der Waals surface area contributed by atoms with Crippen LogP contribution in [0.2, 0.25) is 0 Å². The summed E-state index contributed by atoms with van der Waals surface area (Å²) in [6.45, 7) is 14.9. The van der Waals surface area contributed by atoms with Gasteiger partial charge in [-0.05, 0) is 30.7 Å². The number of piperidine rings is 1. The molecule has 1 aromatic rings. The van der Waals surface area contributed by atoms with E-state index < -0.39 is 0 Å². The molecule has 138 valence electrons. The molecule has 0 aliphatic carbocycles. The summed E-state index contributed by atoms with van der Waals surface area (Å²) in [5, 5.41) is 3.31. The van der Waals surface area contributed by atoms with Crippen LogP contribution in [-0.4, -0.2) is 38.9 Å². The van der Waals surface area contributed by atoms with Crippen molar-refractivity contribution in [1.82, 2.24) is 4.90 Å². The molecule has 1 aliphatic rings. The smallest absolute Gasteiger partial charge is 0.305 e. The SMILES string of the molecule is [B]c1ccc(NC(=C)CCC(=O)OC)c(C(=C)N2C[C@H](C)C[C@H](C)C2)c1. The number of carbonyl (C=O) groups excluding carboxylic acids is 1. The Hall–Kier alpha value is -2.17. The van der Waals surface area contributed by atoms with Crippen LogP contribution in [0.25, 0.3) is 5.70 Å². The number of nitrogens with zero attached hydrogens (tertiary/aromatic N) is 1. The second-order valence-electron chi connectivity index (χ2n) is 7.41. The van der Waals surface area contributed by atoms with Gasteiger partial charge in [0.2, 0.25) is 0 Å². The number of hydrogen-bond acceptors (Lipinski definition) is 4. The van der Waals surface area contributed by atoms with Crippen molar-refractivity contribution in [2.75, 3.05) is 25.5 Å². The molecule has 26 heavy (non-hydrogen) atoms. The monoisotopic (exact) mass is 352 g/mol. The molecule has 0 aromatic heterocycles. The molecule has 1 aliphatic heterocycles. The van der Waals surface area contributed by atoms with Crippen LogP contribution in [0.1, 0.15) is 38.7 Å². The Labute approximate surface area is 158 Å². The van der Waals surface area contributed by atoms with E-state index in [9.17, 15) is 4.79 Å². The third kappa shape index (κ3) is 5.42. The molecular weight excluding hydrogens is 323 g/mol. The first kappa shape index (κ1) is 20.2. The van der Waals surface area contributed by atoms with Crippen LogP contribution in [0.5, 0.6) is 0 Å². The van der Waals surface area contributed by atoms with E-state index in [0.29, 0.717) is 30.1 Å². The van der Waals surface area contributed by atoms with E-state index in [1.54, 1.807) is 0 Å². The van der Waals surface area contributed by atoms with Crippen molar-refractivity contribution in [1.29, 1.82) is 0 Å². The zero-order valence-corrected chi connectivity index (χ0v) is 16.2. The summed E-state index contributed by atoms with van der Waals surface area (Å²) in [4.78, 5) is 13.7. The molecule has 1 aromatic carbocycles. The van der Waals surface area contributed by atoms with Crippen LogP contribution in [-0.2, 0) is 9.53 Å². The predicted molar refractivity (Wildman–Crippen MR) is 109 cm³/mol. The summed E-state index contributed by atoms with van der Waals surface area (Å²) in [5.41, 5.74) is 4.31. The van der Waals surface area contributed by atoms with Crippen LogP contribution in [0, 0.1) is 11.8 Å². The molecule has 2 atom stereocenters. The molecule has 4 nitrogen and oxygen atoms in total. The highest BCUT2D eigenvalue weighted by atomic mass is 16.5. The normalized spacial score (nSPS) is 19.7. The summed E-state index contributed by atoms with van der Waals surface area (Å²) >= 11 is 0. The fourth-order valence-electron chi connectivity index (χ4n) is 3.57. The van der Waals surface area contributed by atoms with Crippen molar-refractivity contribution in [2.45, 2.75) is 33.1 Å². The Morgan fingerprint density at radius 3 is 2.54 bits per heavy atom. The maximum Gasteiger partial charge on any atom is 0.305 e. The predicted octanol–water partition coefficient (Wildman–Crippen LogP) is 3.31. The third-order valence-electron chi connectivity index (χ3n) is 4.78. The summed E-state index contributed by atoms with van der Waals surface area (Å²) < 4.78 is 4.68. The summed E-state index contributed by atoms with van der Waals surface area (Å²) in [6, 6.07) is 5.74. The number of allylic oxidation sites excluding steroid dienone is 1. The quantitative estimate of drug-likeness (QED) is 0.604. The average Bonchev–Trinajstić information content (AvgIpc) is 2.59. The Morgan fingerprint density at radius 2 is 1.92 bits per heavy atom. The lowest BCUT2D eigenvalue weighted by atomic mass is 9.89. The van der Waals surface area contributed by atoms with E-state index >= 15 is 0 Å². The van der Waals surface area contributed by atoms with Gasteiger partial charge in [-0.2, -0.15) is 0 Å². The van der Waals surface area contributed by atoms with Gasteiger partial charge in [0, 0.05) is 35.7 Å². The number of likely N-dealkylation sites (tertiary alicyclic amines) is 1. The topological polar surface area (TPSA) is 41.6 Å². The molecule has 0 saturated carbocycles. The zero-order valence-electron chi connectivity index (χ0n) is 16.2. The van der Waals surface area contributed by atoms with Gasteiger partial charge in [-0.15, -0.1) is 0 Å². The molecule has 1 N–H and O–H groups in total. The van der Waals surface area contributed by atoms with Crippen molar-refractivity contribution in [3.8, 4) is 0 Å². The van der Waals surface area contributed by atoms with E-state index in [-0.39, 0.29) is 5.97 Å². The van der Waals surface area contributed by atoms with E-state index in [4.69, 9.17) is 7.85 Å². The Balaban J connectivity index is 2.15. The Morgan fingerprint density at radius 1 is 1.27 bits per heavy atom. The van der Waals surface area contributed by atoms with E-state index in [1.165, 1.54) is 13.5 Å². The number of benzene rings is 1. The molecular formula is C21H29BN2O2. The van der Waals surface area contributed by atoms with Crippen LogP contribution < -0.4 is 10.8 Å². The summed E-state index contributed by atoms with van der Waals surface area (Å²) in [6.07, 6.45) is 2.06. The van der Waals surface area contributed by atoms with Gasteiger partial charge >= 0.3 is 5.97 Å². The minimum atomic E-state index is -0.244. The van der Waals surface area contributed by atoms with Crippen molar-refractivity contribution >= 4 is 30.7 Å². The Kier molecular flexibility index (Phi) is 6.95. The van der Waals surface area contributed by atoms with Gasteiger partial charge in [0.25, 0.3) is 0 Å². The number of methoxy groups -OCH3 is 1. The number of rotatable bonds is 7. The summed E-state index contributed by atoms with van der Waals surface area (Å²) in [7, 11) is 7.42. The second-order valence-corrected chi connectivity index (χ2v) is 7.41. The molecule has 2 rings (SSSR count). The lowest BCUT2D eigenvalue weighted by Gasteiger charge is -2.38. The van der Waals surface area contributed by atoms with Crippen molar-refractivity contribution < 1.29 is 9.53 Å². The van der Waals surface area contributed by atoms with Crippen LogP contribution in [0.15, 0.2) is 37.1 Å². The second kappa shape index (κ2) is 8.97. The highest BCUT2D eigenvalue weighted by Crippen LogP contribution is 2.31. The fraction of sp³-hybridized carbons (Fsp3) is 0.476. The van der Waals surface area contributed by atoms with Gasteiger partial charge < -0.3 is 15.0 Å². The zero-order chi connectivity index (χ0) is 19.3. The van der Waals surface area contributed by atoms with Gasteiger partial charge in [0.05, 0.1) is 13.5 Å². The molecule has 2 radical (unpaired) electrons. The van der Waals surface area contributed by atoms with Crippen LogP contribution >= 0.6 is 0 Å². The largest absolute Gasteiger partial charge is 0.469 e. The standard InChI is InChI=1S/C21H29BN2O2/c1-14-10-15(2)13-24(12-14)17(4)19-11-18(22)7-8-20(19)23-16(3)6-9-21(25)26-5/h7-8,11,14-15,23H,3-4,6,9-10,12-13H2,1-2,5H3/t14-,15+. The van der Waals surface area contributed by atoms with E-state index in [0.717, 1.165) is 35.7 Å². The number of hydrogen-bond donors (Lipinski definition) is 1. The molecule has 1 heterocycles. The molecule has 5 heteroatoms. The first-order valence-electron chi connectivity index (χ1n) is 9.15. The average molecular weight is 352 g/mol. The van der Waals surface area contributed by atoms with Crippen molar-refractivity contribution in [3.05, 3.63) is 42.6 Å². The fourth-order valence-corrected chi connectivity index (χ4v) is 3.57. The number of ether oxygens (including phenoxy) is 1. The number of carbonyl (C=O) groups is 1. The summed E-state index contributed by atoms with van der Waals surface area (Å²) in [5.74, 6) is 1.04. The van der Waals surface area contributed by atoms with Gasteiger partial charge in [-0.25, -0.2) is 0 Å². The van der Waals surface area contributed by atoms with Crippen molar-refractivity contribution in [2.24, 2.45) is 11.8 Å². The van der Waals surface area contributed by atoms with Crippen LogP contribution in [0.4, 0.5) is 5.69 Å². The van der Waals surface area contributed by atoms with E-state index in [1.807, 2.05) is 18.2 Å². The lowest BCUT2D eigenvalue weighted by Crippen LogP contribution is -2.37. The van der Waals surface area contributed by atoms with Crippen molar-refractivity contribution in [3.63, 3.8) is 0 Å². The number of nitrogens with one attached hydrogen (secondary N) is 1. The molecule has 1 saturated heterocycles. The van der Waals surface area contributed by atoms with E-state index in [2.05, 4.69) is 42.0 Å². The molecule has 0 unspecified atom stereocenters. The number of esters is 1. The van der Waals surface area contributed by atoms with Crippen LogP contribution in [0.3, 0.4) is 0 Å². The minimum absolute atomic E-state index is 0.244. The highest BCUT2D eigenvalue weighted by Gasteiger charge is 2.24. The van der Waals surface area contributed by atoms with Gasteiger partial charge in [-0.3, -0.25) is 4.79 Å². The minimum Gasteiger partial charge on any atom is -0.469 e. The molecule has 0 amide bonds. The van der Waals surface area contributed by atoms with Gasteiger partial charge in [0.15, 0.2) is 0 Å². The highest BCUT2D eigenvalue weighted by molar-refractivity contribution is 6.32. The first-order chi connectivity index (χ1) is 12.3. The maximum atomic E-state index is 11.3. The molecule has 0 spiro atoms. The molecule has 0 bridgehead atoms. The first-order valence-corrected chi connectivity index (χ1v) is 9.15. The van der Waals surface area contributed by atoms with Gasteiger partial charge in [-0.1, -0.05) is 44.6 Å². The lowest BCUT2D eigenvalue weighted by molar-refractivity contribution is -0.140.